The zero-order valence-electron chi connectivity index (χ0n) is 26.1. The van der Waals surface area contributed by atoms with Gasteiger partial charge in [-0.1, -0.05) is 91.3 Å². The van der Waals surface area contributed by atoms with Gasteiger partial charge < -0.3 is 10.2 Å². The van der Waals surface area contributed by atoms with Crippen molar-refractivity contribution in [1.82, 2.24) is 10.2 Å². The molecule has 0 unspecified atom stereocenters. The molecule has 236 valence electrons. The first-order valence-electron chi connectivity index (χ1n) is 15.0. The van der Waals surface area contributed by atoms with Gasteiger partial charge in [-0.15, -0.1) is 0 Å². The topological polar surface area (TPSA) is 86.8 Å². The van der Waals surface area contributed by atoms with Crippen molar-refractivity contribution < 1.29 is 18.0 Å². The van der Waals surface area contributed by atoms with Crippen molar-refractivity contribution in [2.75, 3.05) is 10.8 Å². The molecule has 0 aliphatic carbocycles. The predicted molar refractivity (Wildman–Crippen MR) is 181 cm³/mol. The predicted octanol–water partition coefficient (Wildman–Crippen LogP) is 6.71. The molecule has 0 aromatic heterocycles. The SMILES string of the molecule is CC[C@@H](C)NC(=O)[C@H](Cc1ccccc1)N(Cc1cccc(Cl)c1)C(=O)CN(c1cc(C)ccc1C)S(=O)(=O)c1ccccc1. The normalized spacial score (nSPS) is 12.6. The second-order valence-corrected chi connectivity index (χ2v) is 13.6. The summed E-state index contributed by atoms with van der Waals surface area (Å²) >= 11 is 6.32. The van der Waals surface area contributed by atoms with Crippen molar-refractivity contribution in [3.05, 3.63) is 130 Å². The molecule has 0 aliphatic rings. The third kappa shape index (κ3) is 8.74. The Morgan fingerprint density at radius 3 is 2.13 bits per heavy atom. The molecule has 45 heavy (non-hydrogen) atoms. The Morgan fingerprint density at radius 2 is 1.49 bits per heavy atom. The molecule has 4 aromatic carbocycles. The molecular weight excluding hydrogens is 606 g/mol. The van der Waals surface area contributed by atoms with E-state index in [0.29, 0.717) is 22.7 Å². The lowest BCUT2D eigenvalue weighted by atomic mass is 10.0. The fourth-order valence-corrected chi connectivity index (χ4v) is 6.75. The van der Waals surface area contributed by atoms with E-state index < -0.39 is 28.5 Å². The molecule has 4 rings (SSSR count). The first-order valence-corrected chi connectivity index (χ1v) is 16.8. The van der Waals surface area contributed by atoms with Crippen LogP contribution in [0.2, 0.25) is 5.02 Å². The molecular formula is C36H40ClN3O4S. The molecule has 0 radical (unpaired) electrons. The number of hydrogen-bond acceptors (Lipinski definition) is 4. The monoisotopic (exact) mass is 645 g/mol. The molecule has 2 atom stereocenters. The lowest BCUT2D eigenvalue weighted by molar-refractivity contribution is -0.140. The van der Waals surface area contributed by atoms with Gasteiger partial charge in [-0.25, -0.2) is 8.42 Å². The highest BCUT2D eigenvalue weighted by Gasteiger charge is 2.35. The minimum atomic E-state index is -4.17. The van der Waals surface area contributed by atoms with E-state index in [1.54, 1.807) is 42.5 Å². The van der Waals surface area contributed by atoms with Crippen LogP contribution in [-0.2, 0) is 32.6 Å². The Kier molecular flexibility index (Phi) is 11.4. The van der Waals surface area contributed by atoms with Gasteiger partial charge in [0.05, 0.1) is 10.6 Å². The van der Waals surface area contributed by atoms with E-state index in [-0.39, 0.29) is 29.8 Å². The number of benzene rings is 4. The summed E-state index contributed by atoms with van der Waals surface area (Å²) in [6.07, 6.45) is 0.950. The first kappa shape index (κ1) is 33.7. The van der Waals surface area contributed by atoms with Crippen LogP contribution in [0.5, 0.6) is 0 Å². The lowest BCUT2D eigenvalue weighted by Crippen LogP contribution is -2.54. The number of carbonyl (C=O) groups is 2. The fourth-order valence-electron chi connectivity index (χ4n) is 5.05. The van der Waals surface area contributed by atoms with Crippen LogP contribution in [-0.4, -0.2) is 43.8 Å². The summed E-state index contributed by atoms with van der Waals surface area (Å²) in [4.78, 5) is 30.1. The maximum Gasteiger partial charge on any atom is 0.264 e. The summed E-state index contributed by atoms with van der Waals surface area (Å²) < 4.78 is 29.5. The third-order valence-corrected chi connectivity index (χ3v) is 9.77. The average molecular weight is 646 g/mol. The van der Waals surface area contributed by atoms with Crippen molar-refractivity contribution in [2.45, 2.75) is 64.1 Å². The Labute approximate surface area is 271 Å². The number of amides is 2. The first-order chi connectivity index (χ1) is 21.5. The quantitative estimate of drug-likeness (QED) is 0.175. The van der Waals surface area contributed by atoms with Gasteiger partial charge in [-0.2, -0.15) is 0 Å². The molecule has 2 amide bonds. The number of anilines is 1. The van der Waals surface area contributed by atoms with E-state index >= 15 is 0 Å². The summed E-state index contributed by atoms with van der Waals surface area (Å²) in [5, 5.41) is 3.54. The molecule has 0 saturated heterocycles. The standard InChI is InChI=1S/C36H40ClN3O4S/c1-5-28(4)38-36(42)34(23-29-13-8-6-9-14-29)39(24-30-15-12-16-31(37)22-30)35(41)25-40(33-21-26(2)19-20-27(33)3)45(43,44)32-17-10-7-11-18-32/h6-22,28,34H,5,23-25H2,1-4H3,(H,38,42)/t28-,34+/m1/s1. The molecule has 0 heterocycles. The van der Waals surface area contributed by atoms with Crippen molar-refractivity contribution in [2.24, 2.45) is 0 Å². The second-order valence-electron chi connectivity index (χ2n) is 11.3. The molecule has 0 aliphatic heterocycles. The highest BCUT2D eigenvalue weighted by atomic mass is 35.5. The largest absolute Gasteiger partial charge is 0.352 e. The molecule has 7 nitrogen and oxygen atoms in total. The van der Waals surface area contributed by atoms with Crippen LogP contribution in [0.4, 0.5) is 5.69 Å². The van der Waals surface area contributed by atoms with E-state index in [9.17, 15) is 18.0 Å². The number of aryl methyl sites for hydroxylation is 2. The lowest BCUT2D eigenvalue weighted by Gasteiger charge is -2.34. The van der Waals surface area contributed by atoms with Gasteiger partial charge in [0.2, 0.25) is 11.8 Å². The van der Waals surface area contributed by atoms with E-state index in [2.05, 4.69) is 5.32 Å². The second kappa shape index (κ2) is 15.2. The molecule has 4 aromatic rings. The molecule has 1 N–H and O–H groups in total. The van der Waals surface area contributed by atoms with Crippen LogP contribution < -0.4 is 9.62 Å². The molecule has 0 fully saturated rings. The summed E-state index contributed by atoms with van der Waals surface area (Å²) in [6.45, 7) is 7.12. The Hall–Kier alpha value is -4.14. The van der Waals surface area contributed by atoms with Crippen LogP contribution >= 0.6 is 11.6 Å². The summed E-state index contributed by atoms with van der Waals surface area (Å²) in [5.41, 5.74) is 3.54. The van der Waals surface area contributed by atoms with Gasteiger partial charge in [0.1, 0.15) is 12.6 Å². The van der Waals surface area contributed by atoms with E-state index in [1.807, 2.05) is 76.2 Å². The van der Waals surface area contributed by atoms with Crippen LogP contribution in [0, 0.1) is 13.8 Å². The summed E-state index contributed by atoms with van der Waals surface area (Å²) in [6, 6.07) is 29.1. The van der Waals surface area contributed by atoms with Crippen LogP contribution in [0.15, 0.2) is 108 Å². The molecule has 0 bridgehead atoms. The van der Waals surface area contributed by atoms with Crippen molar-refractivity contribution in [1.29, 1.82) is 0 Å². The maximum atomic E-state index is 14.6. The number of hydrogen-bond donors (Lipinski definition) is 1. The van der Waals surface area contributed by atoms with Crippen molar-refractivity contribution in [3.8, 4) is 0 Å². The number of nitrogens with zero attached hydrogens (tertiary/aromatic N) is 2. The minimum Gasteiger partial charge on any atom is -0.352 e. The molecule has 9 heteroatoms. The fraction of sp³-hybridized carbons (Fsp3) is 0.278. The van der Waals surface area contributed by atoms with Crippen LogP contribution in [0.3, 0.4) is 0 Å². The Morgan fingerprint density at radius 1 is 0.844 bits per heavy atom. The number of nitrogens with one attached hydrogen (secondary N) is 1. The van der Waals surface area contributed by atoms with Gasteiger partial charge in [0, 0.05) is 24.0 Å². The maximum absolute atomic E-state index is 14.6. The van der Waals surface area contributed by atoms with E-state index in [0.717, 1.165) is 21.0 Å². The molecule has 0 saturated carbocycles. The minimum absolute atomic E-state index is 0.0524. The number of carbonyl (C=O) groups excluding carboxylic acids is 2. The van der Waals surface area contributed by atoms with Gasteiger partial charge in [-0.3, -0.25) is 13.9 Å². The van der Waals surface area contributed by atoms with Crippen molar-refractivity contribution >= 4 is 39.1 Å². The zero-order chi connectivity index (χ0) is 32.6. The number of halogens is 1. The summed E-state index contributed by atoms with van der Waals surface area (Å²) in [5.74, 6) is -0.830. The Bertz CT molecular complexity index is 1720. The van der Waals surface area contributed by atoms with E-state index in [4.69, 9.17) is 11.6 Å². The number of rotatable bonds is 13. The average Bonchev–Trinajstić information content (AvgIpc) is 3.03. The van der Waals surface area contributed by atoms with Gasteiger partial charge in [-0.05, 0) is 79.8 Å². The highest BCUT2D eigenvalue weighted by molar-refractivity contribution is 7.92. The van der Waals surface area contributed by atoms with Crippen LogP contribution in [0.25, 0.3) is 0 Å². The van der Waals surface area contributed by atoms with Crippen LogP contribution in [0.1, 0.15) is 42.5 Å². The van der Waals surface area contributed by atoms with E-state index in [1.165, 1.54) is 17.0 Å². The highest BCUT2D eigenvalue weighted by Crippen LogP contribution is 2.29. The smallest absolute Gasteiger partial charge is 0.264 e. The zero-order valence-corrected chi connectivity index (χ0v) is 27.7. The Balaban J connectivity index is 1.83. The van der Waals surface area contributed by atoms with Gasteiger partial charge >= 0.3 is 0 Å². The summed E-state index contributed by atoms with van der Waals surface area (Å²) in [7, 11) is -4.17. The van der Waals surface area contributed by atoms with Gasteiger partial charge in [0.25, 0.3) is 10.0 Å². The third-order valence-electron chi connectivity index (χ3n) is 7.76. The number of sulfonamides is 1. The van der Waals surface area contributed by atoms with Crippen molar-refractivity contribution in [3.63, 3.8) is 0 Å². The van der Waals surface area contributed by atoms with Gasteiger partial charge in [0.15, 0.2) is 0 Å². The molecule has 0 spiro atoms.